The number of imide groups is 1. The Hall–Kier alpha value is -8.23. The molecule has 0 radical (unpaired) electrons. The molecule has 0 saturated carbocycles. The van der Waals surface area contributed by atoms with Crippen LogP contribution < -0.4 is 83.3 Å². The predicted octanol–water partition coefficient (Wildman–Crippen LogP) is 4.01. The average molecular weight is 2080 g/mol. The first-order chi connectivity index (χ1) is 61.1. The van der Waals surface area contributed by atoms with Gasteiger partial charge in [0.15, 0.2) is 11.6 Å². The van der Waals surface area contributed by atoms with E-state index >= 15 is 0 Å². The number of nitrogens with two attached hydrogens (primary N) is 1. The van der Waals surface area contributed by atoms with Crippen LogP contribution in [0.3, 0.4) is 0 Å². The van der Waals surface area contributed by atoms with E-state index in [9.17, 15) is 88.5 Å². The summed E-state index contributed by atoms with van der Waals surface area (Å²) in [5, 5.41) is 18.3. The molecule has 8 N–H and O–H groups in total. The number of likely N-dealkylation sites (tertiary alicyclic amines) is 5. The summed E-state index contributed by atoms with van der Waals surface area (Å²) in [7, 11) is -7.39. The van der Waals surface area contributed by atoms with Gasteiger partial charge in [-0.1, -0.05) is 97.2 Å². The number of fused-ring (bicyclic) bond motifs is 2. The minimum absolute atomic E-state index is 0. The molecule has 5 atom stereocenters. The van der Waals surface area contributed by atoms with Crippen molar-refractivity contribution in [2.75, 3.05) is 96.7 Å². The molecule has 3 aromatic rings. The van der Waals surface area contributed by atoms with Gasteiger partial charge in [0.1, 0.15) is 60.8 Å². The van der Waals surface area contributed by atoms with Crippen LogP contribution in [0.2, 0.25) is 0 Å². The Balaban J connectivity index is 0.000000366. The first-order valence-corrected chi connectivity index (χ1v) is 53.4. The molecule has 0 aromatic heterocycles. The summed E-state index contributed by atoms with van der Waals surface area (Å²) in [5.74, 6) is -2.19. The van der Waals surface area contributed by atoms with Gasteiger partial charge in [-0.15, -0.1) is 0 Å². The molecule has 45 heteroatoms. The molecule has 40 nitrogen and oxygen atoms in total. The maximum atomic E-state index is 13.0. The molecule has 11 rings (SSSR count). The number of amides is 13. The molecule has 2 bridgehead atoms. The van der Waals surface area contributed by atoms with E-state index in [0.717, 1.165) is 52.9 Å². The largest absolute Gasteiger partial charge is 1.00 e. The number of hydrogen-bond acceptors (Lipinski definition) is 27. The molecule has 8 fully saturated rings. The average Bonchev–Trinajstić information content (AvgIpc) is 1.62. The van der Waals surface area contributed by atoms with E-state index in [4.69, 9.17) is 28.4 Å². The second kappa shape index (κ2) is 53.6. The standard InChI is InChI=1S/C26H39N3O7S.C24H33N3O6.C23H31N3O6.C12H20N4O6S.C3H9IOS.CH3.K.H2O/c1-26(2,3)36-24(32)28-22(12-11-21(30)18-37(4,5)34)23(31)27-20-13-15-29(16-14-20)25(33)35-17-19-9-7-6-8-10-19;1-24(2,3)33-23(31)27-15-19(28)9-10-20(27)21(29)25-18-11-13-26(14-12-18)22(30)32-16-17-7-5-4-6-8-17;1-23(2,3)32-22(30)26-18(9-10-19(26)27)20(28)24-17-11-13-25(14-12-17)21(29)31-15-16-7-5-4-6-8-16;17-11(14-8-3-5-13-6-4-8)10-2-1-9-7-15(10)12(18)16(9)22-23(19,20)21;1-6(2,3,4)5;;;/h6-10,18,20,22H,11-17H2,1-5H3,(H,27,31)(H,28,32);4-8,18,20H,9-16H2,1-3H3,(H,25,29);4-8,17-18H,9-15H2,1-3H3,(H,24,28);8-10,13H,1-7H2,(H,14,17)(H,19,20,21);1-3H3;1H3;;1H2/q;;;;;-1;+1;/p-1/t22-;;18-;9-,10+;;;;/m0.01..../s1. The maximum Gasteiger partial charge on any atom is 1.00 e. The quantitative estimate of drug-likeness (QED) is 0.0128. The summed E-state index contributed by atoms with van der Waals surface area (Å²) >= 11 is 1.96. The normalized spacial score (nSPS) is 19.6. The summed E-state index contributed by atoms with van der Waals surface area (Å²) < 4.78 is 91.1. The zero-order valence-corrected chi connectivity index (χ0v) is 87.5. The van der Waals surface area contributed by atoms with Crippen molar-refractivity contribution in [1.29, 1.82) is 0 Å². The summed E-state index contributed by atoms with van der Waals surface area (Å²) in [6.07, 6.45) is 9.50. The molecular weight excluding hydrogens is 1950 g/mol. The van der Waals surface area contributed by atoms with Gasteiger partial charge in [-0.05, 0) is 178 Å². The topological polar surface area (TPSA) is 524 Å². The van der Waals surface area contributed by atoms with Crippen LogP contribution in [0, 0.1) is 7.43 Å². The number of urea groups is 1. The number of alkyl carbamates (subject to hydrolysis) is 1. The molecule has 746 valence electrons. The SMILES string of the molecule is CC(C)(C)OC(=O)N1C(=O)CC[C@H]1C(=O)NC1CCN(C(=O)OCc2ccccc2)CC1.CC(C)(C)OC(=O)N1CC(=O)CCC1C(=O)NC1CCN(C(=O)OCc2ccccc2)CC1.CC(C)(C)OC(=O)N[C@@H](CCC(=O)C=S(C)(C)=O)C(=O)NC1CCN(C(=O)OCc2ccccc2)CC1.CS(C)(C)(=O)I.O=C(NC1CC[NH2+]CC1)[C@@H]1CC[C@@H]2CN1C(=O)N2OS(=O)(=O)[O-].[CH3-].[K+].[OH-]. The first-order valence-electron chi connectivity index (χ1n) is 43.9. The van der Waals surface area contributed by atoms with Gasteiger partial charge in [-0.2, -0.15) is 9.35 Å². The number of nitrogens with zero attached hydrogens (tertiary/aromatic N) is 7. The third-order valence-corrected chi connectivity index (χ3v) is 22.2. The van der Waals surface area contributed by atoms with Crippen LogP contribution in [-0.2, 0) is 112 Å². The van der Waals surface area contributed by atoms with E-state index in [1.807, 2.05) is 112 Å². The number of halogens is 1. The molecule has 0 spiro atoms. The molecular formula is C89H136IKN13O27S3-. The van der Waals surface area contributed by atoms with Crippen molar-refractivity contribution < 1.29 is 183 Å². The molecule has 8 aliphatic heterocycles. The summed E-state index contributed by atoms with van der Waals surface area (Å²) in [4.78, 5) is 182. The molecule has 8 saturated heterocycles. The van der Waals surface area contributed by atoms with Gasteiger partial charge >= 0.3 is 94.0 Å². The van der Waals surface area contributed by atoms with Crippen LogP contribution in [0.4, 0.5) is 33.6 Å². The molecule has 134 heavy (non-hydrogen) atoms. The fourth-order valence-electron chi connectivity index (χ4n) is 14.9. The van der Waals surface area contributed by atoms with Crippen molar-refractivity contribution in [3.8, 4) is 0 Å². The van der Waals surface area contributed by atoms with Crippen LogP contribution >= 0.6 is 21.2 Å². The van der Waals surface area contributed by atoms with Crippen molar-refractivity contribution >= 4 is 136 Å². The van der Waals surface area contributed by atoms with Crippen LogP contribution in [0.25, 0.3) is 0 Å². The molecule has 8 heterocycles. The van der Waals surface area contributed by atoms with Crippen molar-refractivity contribution in [2.45, 2.75) is 256 Å². The number of hydroxylamine groups is 2. The fourth-order valence-corrected chi connectivity index (χ4v) is 16.0. The number of ether oxygens (including phenoxy) is 6. The number of benzene rings is 3. The van der Waals surface area contributed by atoms with Gasteiger partial charge < -0.3 is 97.4 Å². The number of quaternary nitrogens is 1. The van der Waals surface area contributed by atoms with E-state index in [0.29, 0.717) is 95.7 Å². The number of piperidine rings is 6. The predicted molar refractivity (Wildman–Crippen MR) is 501 cm³/mol. The summed E-state index contributed by atoms with van der Waals surface area (Å²) in [5.41, 5.74) is 0.505. The fraction of sp³-hybridized carbons (Fsp3) is 0.618. The van der Waals surface area contributed by atoms with E-state index in [1.54, 1.807) is 95.8 Å². The number of carbonyl (C=O) groups excluding carboxylic acids is 14. The van der Waals surface area contributed by atoms with Crippen molar-refractivity contribution in [3.63, 3.8) is 0 Å². The van der Waals surface area contributed by atoms with Crippen LogP contribution in [0.15, 0.2) is 91.0 Å². The Kier molecular flexibility index (Phi) is 47.3. The maximum absolute atomic E-state index is 13.0. The Morgan fingerprint density at radius 1 is 0.530 bits per heavy atom. The van der Waals surface area contributed by atoms with Gasteiger partial charge in [0.05, 0.1) is 25.7 Å². The minimum Gasteiger partial charge on any atom is -0.870 e. The van der Waals surface area contributed by atoms with E-state index in [2.05, 4.69) is 36.2 Å². The number of hydrogen-bond donors (Lipinski definition) is 6. The Morgan fingerprint density at radius 2 is 0.910 bits per heavy atom. The third-order valence-electron chi connectivity index (χ3n) is 21.1. The number of rotatable bonds is 21. The second-order valence-electron chi connectivity index (χ2n) is 37.5. The van der Waals surface area contributed by atoms with Crippen LogP contribution in [0.1, 0.15) is 182 Å². The third kappa shape index (κ3) is 44.1. The first kappa shape index (κ1) is 118. The van der Waals surface area contributed by atoms with Crippen molar-refractivity contribution in [2.24, 2.45) is 0 Å². The Bertz CT molecular complexity index is 4740. The molecule has 3 aromatic carbocycles. The molecule has 8 aliphatic rings. The Morgan fingerprint density at radius 3 is 1.31 bits per heavy atom. The number of carbonyl (C=O) groups is 14. The minimum atomic E-state index is -5.02. The number of Topliss-reactive ketones (excluding diaryl/α,β-unsaturated/α-hetero) is 2. The molecule has 13 amide bonds. The second-order valence-corrected chi connectivity index (χ2v) is 54.8. The number of ketones is 2. The van der Waals surface area contributed by atoms with Gasteiger partial charge in [-0.25, -0.2) is 46.9 Å². The van der Waals surface area contributed by atoms with E-state index < -0.39 is 115 Å². The summed E-state index contributed by atoms with van der Waals surface area (Å²) in [6.45, 7) is 20.7. The molecule has 0 aliphatic carbocycles. The van der Waals surface area contributed by atoms with Gasteiger partial charge in [0.2, 0.25) is 39.9 Å². The Labute approximate surface area is 841 Å². The zero-order chi connectivity index (χ0) is 97.0. The molecule has 1 unspecified atom stereocenters. The number of nitrogens with one attached hydrogen (secondary N) is 5. The van der Waals surface area contributed by atoms with E-state index in [-0.39, 0.29) is 201 Å². The van der Waals surface area contributed by atoms with Gasteiger partial charge in [0.25, 0.3) is 0 Å². The zero-order valence-electron chi connectivity index (χ0n) is 79.8. The summed E-state index contributed by atoms with van der Waals surface area (Å²) in [6, 6.07) is 23.5. The monoisotopic (exact) mass is 2080 g/mol. The smallest absolute Gasteiger partial charge is 0.870 e. The van der Waals surface area contributed by atoms with Gasteiger partial charge in [0, 0.05) is 141 Å². The van der Waals surface area contributed by atoms with Crippen molar-refractivity contribution in [1.82, 2.24) is 61.0 Å². The van der Waals surface area contributed by atoms with Gasteiger partial charge in [-0.3, -0.25) is 46.9 Å². The van der Waals surface area contributed by atoms with E-state index in [1.165, 1.54) is 22.3 Å². The van der Waals surface area contributed by atoms with Crippen LogP contribution in [-0.4, -0.2) is 318 Å². The van der Waals surface area contributed by atoms with Crippen LogP contribution in [0.5, 0.6) is 0 Å². The van der Waals surface area contributed by atoms with Crippen molar-refractivity contribution in [3.05, 3.63) is 115 Å².